The number of benzene rings is 1. The first-order valence-corrected chi connectivity index (χ1v) is 7.49. The Morgan fingerprint density at radius 3 is 2.81 bits per heavy atom. The Bertz CT molecular complexity index is 667. The molecule has 0 atom stereocenters. The summed E-state index contributed by atoms with van der Waals surface area (Å²) in [5.74, 6) is -0.0403. The average molecular weight is 301 g/mol. The van der Waals surface area contributed by atoms with Crippen LogP contribution >= 0.6 is 11.6 Å². The Morgan fingerprint density at radius 2 is 2.14 bits per heavy atom. The van der Waals surface area contributed by atoms with Crippen LogP contribution in [0.5, 0.6) is 0 Å². The number of halogens is 1. The fourth-order valence-corrected chi connectivity index (χ4v) is 2.59. The number of nitrogens with zero attached hydrogens (tertiary/aromatic N) is 2. The van der Waals surface area contributed by atoms with Crippen molar-refractivity contribution in [2.75, 3.05) is 0 Å². The standard InChI is InChI=1S/C17H17ClN2O/c1-12-3-2-4-13(9-12)11-20(15-5-6-15)17(21)16-10-14(18)7-8-19-16/h2-4,7-10,15H,5-6,11H2,1H3. The van der Waals surface area contributed by atoms with Gasteiger partial charge in [-0.15, -0.1) is 0 Å². The van der Waals surface area contributed by atoms with E-state index in [0.29, 0.717) is 23.3 Å². The first-order chi connectivity index (χ1) is 10.1. The highest BCUT2D eigenvalue weighted by Crippen LogP contribution is 2.30. The summed E-state index contributed by atoms with van der Waals surface area (Å²) in [5.41, 5.74) is 2.77. The molecule has 1 aromatic carbocycles. The lowest BCUT2D eigenvalue weighted by molar-refractivity contribution is 0.0724. The third-order valence-corrected chi connectivity index (χ3v) is 3.86. The van der Waals surface area contributed by atoms with Crippen LogP contribution in [0, 0.1) is 6.92 Å². The number of hydrogen-bond acceptors (Lipinski definition) is 2. The molecular weight excluding hydrogens is 284 g/mol. The number of pyridine rings is 1. The normalized spacial score (nSPS) is 14.0. The monoisotopic (exact) mass is 300 g/mol. The zero-order chi connectivity index (χ0) is 14.8. The molecule has 0 unspecified atom stereocenters. The van der Waals surface area contributed by atoms with Crippen molar-refractivity contribution < 1.29 is 4.79 Å². The van der Waals surface area contributed by atoms with Crippen LogP contribution in [-0.4, -0.2) is 21.8 Å². The van der Waals surface area contributed by atoms with E-state index < -0.39 is 0 Å². The Morgan fingerprint density at radius 1 is 1.33 bits per heavy atom. The minimum Gasteiger partial charge on any atom is -0.330 e. The summed E-state index contributed by atoms with van der Waals surface area (Å²) in [5, 5.41) is 0.541. The van der Waals surface area contributed by atoms with Gasteiger partial charge in [-0.1, -0.05) is 41.4 Å². The van der Waals surface area contributed by atoms with Crippen LogP contribution in [0.1, 0.15) is 34.5 Å². The molecule has 21 heavy (non-hydrogen) atoms. The van der Waals surface area contributed by atoms with Crippen LogP contribution in [0.25, 0.3) is 0 Å². The van der Waals surface area contributed by atoms with E-state index in [-0.39, 0.29) is 5.91 Å². The van der Waals surface area contributed by atoms with Crippen LogP contribution in [-0.2, 0) is 6.54 Å². The Labute approximate surface area is 129 Å². The minimum atomic E-state index is -0.0403. The van der Waals surface area contributed by atoms with Gasteiger partial charge in [0.25, 0.3) is 5.91 Å². The lowest BCUT2D eigenvalue weighted by Gasteiger charge is -2.22. The third-order valence-electron chi connectivity index (χ3n) is 3.63. The highest BCUT2D eigenvalue weighted by molar-refractivity contribution is 6.30. The minimum absolute atomic E-state index is 0.0403. The van der Waals surface area contributed by atoms with Crippen molar-refractivity contribution in [3.63, 3.8) is 0 Å². The smallest absolute Gasteiger partial charge is 0.273 e. The highest BCUT2D eigenvalue weighted by atomic mass is 35.5. The van der Waals surface area contributed by atoms with Crippen molar-refractivity contribution in [3.8, 4) is 0 Å². The maximum atomic E-state index is 12.7. The zero-order valence-electron chi connectivity index (χ0n) is 11.9. The summed E-state index contributed by atoms with van der Waals surface area (Å²) in [6, 6.07) is 11.9. The maximum absolute atomic E-state index is 12.7. The summed E-state index contributed by atoms with van der Waals surface area (Å²) in [4.78, 5) is 18.7. The number of hydrogen-bond donors (Lipinski definition) is 0. The molecule has 1 amide bonds. The van der Waals surface area contributed by atoms with E-state index in [2.05, 4.69) is 30.1 Å². The van der Waals surface area contributed by atoms with Gasteiger partial charge >= 0.3 is 0 Å². The third kappa shape index (κ3) is 3.42. The molecule has 3 rings (SSSR count). The zero-order valence-corrected chi connectivity index (χ0v) is 12.7. The van der Waals surface area contributed by atoms with E-state index in [0.717, 1.165) is 18.4 Å². The van der Waals surface area contributed by atoms with E-state index in [1.165, 1.54) is 5.56 Å². The Balaban J connectivity index is 1.83. The molecule has 0 aliphatic heterocycles. The van der Waals surface area contributed by atoms with Gasteiger partial charge in [-0.05, 0) is 37.5 Å². The molecule has 1 aromatic heterocycles. The maximum Gasteiger partial charge on any atom is 0.273 e. The number of rotatable bonds is 4. The molecule has 4 heteroatoms. The van der Waals surface area contributed by atoms with Crippen molar-refractivity contribution in [3.05, 3.63) is 64.4 Å². The van der Waals surface area contributed by atoms with Gasteiger partial charge < -0.3 is 4.90 Å². The van der Waals surface area contributed by atoms with Gasteiger partial charge in [-0.25, -0.2) is 0 Å². The van der Waals surface area contributed by atoms with Crippen molar-refractivity contribution in [2.24, 2.45) is 0 Å². The fraction of sp³-hybridized carbons (Fsp3) is 0.294. The topological polar surface area (TPSA) is 33.2 Å². The van der Waals surface area contributed by atoms with Crippen molar-refractivity contribution in [1.29, 1.82) is 0 Å². The summed E-state index contributed by atoms with van der Waals surface area (Å²) in [7, 11) is 0. The second-order valence-electron chi connectivity index (χ2n) is 5.51. The van der Waals surface area contributed by atoms with Crippen LogP contribution in [0.2, 0.25) is 5.02 Å². The van der Waals surface area contributed by atoms with Crippen molar-refractivity contribution in [2.45, 2.75) is 32.4 Å². The van der Waals surface area contributed by atoms with Crippen LogP contribution in [0.3, 0.4) is 0 Å². The molecule has 0 N–H and O–H groups in total. The molecular formula is C17H17ClN2O. The van der Waals surface area contributed by atoms with Gasteiger partial charge in [0.2, 0.25) is 0 Å². The summed E-state index contributed by atoms with van der Waals surface area (Å²) in [6.07, 6.45) is 3.71. The number of carbonyl (C=O) groups is 1. The van der Waals surface area contributed by atoms with Crippen LogP contribution in [0.15, 0.2) is 42.6 Å². The molecule has 1 saturated carbocycles. The van der Waals surface area contributed by atoms with E-state index in [1.54, 1.807) is 18.3 Å². The summed E-state index contributed by atoms with van der Waals surface area (Å²) in [6.45, 7) is 2.69. The quantitative estimate of drug-likeness (QED) is 0.859. The second kappa shape index (κ2) is 5.86. The highest BCUT2D eigenvalue weighted by Gasteiger charge is 2.33. The Kier molecular flexibility index (Phi) is 3.93. The molecule has 0 saturated heterocycles. The first-order valence-electron chi connectivity index (χ1n) is 7.11. The Hall–Kier alpha value is -1.87. The molecule has 2 aromatic rings. The van der Waals surface area contributed by atoms with Crippen LogP contribution in [0.4, 0.5) is 0 Å². The van der Waals surface area contributed by atoms with Gasteiger partial charge in [-0.2, -0.15) is 0 Å². The lowest BCUT2D eigenvalue weighted by atomic mass is 10.1. The molecule has 0 bridgehead atoms. The average Bonchev–Trinajstić information content (AvgIpc) is 3.29. The lowest BCUT2D eigenvalue weighted by Crippen LogP contribution is -2.33. The molecule has 3 nitrogen and oxygen atoms in total. The van der Waals surface area contributed by atoms with Gasteiger partial charge in [-0.3, -0.25) is 9.78 Å². The summed E-state index contributed by atoms with van der Waals surface area (Å²) >= 11 is 5.96. The van der Waals surface area contributed by atoms with E-state index in [9.17, 15) is 4.79 Å². The van der Waals surface area contributed by atoms with E-state index >= 15 is 0 Å². The molecule has 1 fully saturated rings. The molecule has 1 heterocycles. The fourth-order valence-electron chi connectivity index (χ4n) is 2.43. The molecule has 1 aliphatic carbocycles. The van der Waals surface area contributed by atoms with Crippen molar-refractivity contribution in [1.82, 2.24) is 9.88 Å². The van der Waals surface area contributed by atoms with E-state index in [1.807, 2.05) is 11.0 Å². The predicted molar refractivity (Wildman–Crippen MR) is 83.3 cm³/mol. The molecule has 0 spiro atoms. The second-order valence-corrected chi connectivity index (χ2v) is 5.95. The number of aromatic nitrogens is 1. The van der Waals surface area contributed by atoms with Crippen LogP contribution < -0.4 is 0 Å². The number of aryl methyl sites for hydroxylation is 1. The van der Waals surface area contributed by atoms with Gasteiger partial charge in [0.05, 0.1) is 0 Å². The van der Waals surface area contributed by atoms with Gasteiger partial charge in [0, 0.05) is 23.8 Å². The number of carbonyl (C=O) groups excluding carboxylic acids is 1. The largest absolute Gasteiger partial charge is 0.330 e. The first kappa shape index (κ1) is 14.1. The van der Waals surface area contributed by atoms with Gasteiger partial charge in [0.1, 0.15) is 5.69 Å². The molecule has 0 radical (unpaired) electrons. The SMILES string of the molecule is Cc1cccc(CN(C(=O)c2cc(Cl)ccn2)C2CC2)c1. The van der Waals surface area contributed by atoms with Gasteiger partial charge in [0.15, 0.2) is 0 Å². The number of amides is 1. The predicted octanol–water partition coefficient (Wildman–Crippen LogP) is 3.85. The molecule has 1 aliphatic rings. The van der Waals surface area contributed by atoms with E-state index in [4.69, 9.17) is 11.6 Å². The summed E-state index contributed by atoms with van der Waals surface area (Å²) < 4.78 is 0. The molecule has 108 valence electrons. The van der Waals surface area contributed by atoms with Crippen molar-refractivity contribution >= 4 is 17.5 Å².